The van der Waals surface area contributed by atoms with Crippen LogP contribution >= 0.6 is 0 Å². The molecular weight excluding hydrogens is 234 g/mol. The summed E-state index contributed by atoms with van der Waals surface area (Å²) < 4.78 is 0. The molecule has 2 unspecified atom stereocenters. The molecule has 1 aliphatic carbocycles. The SMILES string of the molecule is CCCC1CC1Nc1c(C#N)cnc2ccccc12. The Kier molecular flexibility index (Phi) is 3.08. The number of nitrogens with zero attached hydrogens (tertiary/aromatic N) is 2. The van der Waals surface area contributed by atoms with Gasteiger partial charge >= 0.3 is 0 Å². The summed E-state index contributed by atoms with van der Waals surface area (Å²) in [5.74, 6) is 0.767. The smallest absolute Gasteiger partial charge is 0.103 e. The van der Waals surface area contributed by atoms with Crippen LogP contribution in [0.3, 0.4) is 0 Å². The molecule has 0 amide bonds. The van der Waals surface area contributed by atoms with Crippen molar-refractivity contribution >= 4 is 16.6 Å². The number of fused-ring (bicyclic) bond motifs is 1. The van der Waals surface area contributed by atoms with Crippen LogP contribution in [-0.4, -0.2) is 11.0 Å². The van der Waals surface area contributed by atoms with Crippen molar-refractivity contribution in [1.29, 1.82) is 5.26 Å². The van der Waals surface area contributed by atoms with Crippen molar-refractivity contribution in [2.24, 2.45) is 5.92 Å². The molecule has 1 fully saturated rings. The van der Waals surface area contributed by atoms with Gasteiger partial charge in [0.1, 0.15) is 6.07 Å². The Morgan fingerprint density at radius 2 is 2.26 bits per heavy atom. The fourth-order valence-corrected chi connectivity index (χ4v) is 2.68. The van der Waals surface area contributed by atoms with Gasteiger partial charge in [-0.25, -0.2) is 0 Å². The summed E-state index contributed by atoms with van der Waals surface area (Å²) in [6.07, 6.45) is 5.38. The Hall–Kier alpha value is -2.08. The van der Waals surface area contributed by atoms with E-state index in [-0.39, 0.29) is 0 Å². The zero-order valence-corrected chi connectivity index (χ0v) is 11.1. The molecule has 0 saturated heterocycles. The van der Waals surface area contributed by atoms with Crippen molar-refractivity contribution in [3.63, 3.8) is 0 Å². The van der Waals surface area contributed by atoms with Crippen LogP contribution in [0.2, 0.25) is 0 Å². The average molecular weight is 251 g/mol. The number of nitriles is 1. The molecule has 1 N–H and O–H groups in total. The highest BCUT2D eigenvalue weighted by molar-refractivity contribution is 5.94. The van der Waals surface area contributed by atoms with E-state index in [9.17, 15) is 5.26 Å². The summed E-state index contributed by atoms with van der Waals surface area (Å²) in [7, 11) is 0. The first kappa shape index (κ1) is 12.0. The molecule has 0 aliphatic heterocycles. The number of rotatable bonds is 4. The van der Waals surface area contributed by atoms with Crippen LogP contribution in [0.1, 0.15) is 31.7 Å². The maximum absolute atomic E-state index is 9.25. The van der Waals surface area contributed by atoms with Crippen molar-refractivity contribution < 1.29 is 0 Å². The minimum atomic E-state index is 0.526. The third kappa shape index (κ3) is 2.26. The first-order valence-electron chi connectivity index (χ1n) is 6.88. The van der Waals surface area contributed by atoms with E-state index in [4.69, 9.17) is 0 Å². The zero-order chi connectivity index (χ0) is 13.2. The lowest BCUT2D eigenvalue weighted by Gasteiger charge is -2.11. The number of hydrogen-bond donors (Lipinski definition) is 1. The van der Waals surface area contributed by atoms with Crippen molar-refractivity contribution in [3.8, 4) is 6.07 Å². The van der Waals surface area contributed by atoms with Crippen LogP contribution in [0.5, 0.6) is 0 Å². The predicted octanol–water partition coefficient (Wildman–Crippen LogP) is 3.71. The number of anilines is 1. The molecule has 3 heteroatoms. The van der Waals surface area contributed by atoms with Gasteiger partial charge in [-0.1, -0.05) is 31.5 Å². The zero-order valence-electron chi connectivity index (χ0n) is 11.1. The quantitative estimate of drug-likeness (QED) is 0.901. The summed E-state index contributed by atoms with van der Waals surface area (Å²) >= 11 is 0. The van der Waals surface area contributed by atoms with Crippen LogP contribution in [0.25, 0.3) is 10.9 Å². The second-order valence-corrected chi connectivity index (χ2v) is 5.21. The van der Waals surface area contributed by atoms with Crippen molar-refractivity contribution in [1.82, 2.24) is 4.98 Å². The second-order valence-electron chi connectivity index (χ2n) is 5.21. The maximum Gasteiger partial charge on any atom is 0.103 e. The lowest BCUT2D eigenvalue weighted by Crippen LogP contribution is -2.07. The Morgan fingerprint density at radius 3 is 3.05 bits per heavy atom. The van der Waals surface area contributed by atoms with Crippen LogP contribution in [0.4, 0.5) is 5.69 Å². The molecular formula is C16H17N3. The fraction of sp³-hybridized carbons (Fsp3) is 0.375. The molecule has 0 spiro atoms. The van der Waals surface area contributed by atoms with Gasteiger partial charge in [0.05, 0.1) is 16.8 Å². The molecule has 0 radical (unpaired) electrons. The topological polar surface area (TPSA) is 48.7 Å². The molecule has 19 heavy (non-hydrogen) atoms. The van der Waals surface area contributed by atoms with Crippen LogP contribution in [0, 0.1) is 17.2 Å². The van der Waals surface area contributed by atoms with E-state index in [0.717, 1.165) is 22.5 Å². The van der Waals surface area contributed by atoms with Crippen molar-refractivity contribution in [2.75, 3.05) is 5.32 Å². The number of aromatic nitrogens is 1. The molecule has 1 aromatic carbocycles. The Labute approximate surface area is 113 Å². The molecule has 3 nitrogen and oxygen atoms in total. The van der Waals surface area contributed by atoms with Gasteiger partial charge in [-0.2, -0.15) is 5.26 Å². The molecule has 2 aromatic rings. The second kappa shape index (κ2) is 4.89. The molecule has 1 aliphatic rings. The number of nitrogens with one attached hydrogen (secondary N) is 1. The van der Waals surface area contributed by atoms with E-state index in [1.54, 1.807) is 6.20 Å². The lowest BCUT2D eigenvalue weighted by molar-refractivity contribution is 0.693. The monoisotopic (exact) mass is 251 g/mol. The van der Waals surface area contributed by atoms with E-state index in [0.29, 0.717) is 11.6 Å². The number of hydrogen-bond acceptors (Lipinski definition) is 3. The summed E-state index contributed by atoms with van der Waals surface area (Å²) in [4.78, 5) is 4.33. The van der Waals surface area contributed by atoms with Gasteiger partial charge < -0.3 is 5.32 Å². The minimum absolute atomic E-state index is 0.526. The van der Waals surface area contributed by atoms with Crippen LogP contribution < -0.4 is 5.32 Å². The Balaban J connectivity index is 1.95. The van der Waals surface area contributed by atoms with Crippen molar-refractivity contribution in [3.05, 3.63) is 36.0 Å². The van der Waals surface area contributed by atoms with Gasteiger partial charge in [0.2, 0.25) is 0 Å². The summed E-state index contributed by atoms with van der Waals surface area (Å²) in [6.45, 7) is 2.22. The highest BCUT2D eigenvalue weighted by atomic mass is 15.0. The van der Waals surface area contributed by atoms with Gasteiger partial charge in [0.15, 0.2) is 0 Å². The summed E-state index contributed by atoms with van der Waals surface area (Å²) in [5, 5.41) is 13.8. The largest absolute Gasteiger partial charge is 0.380 e. The lowest BCUT2D eigenvalue weighted by atomic mass is 10.1. The molecule has 1 saturated carbocycles. The molecule has 1 aromatic heterocycles. The van der Waals surface area contributed by atoms with Crippen molar-refractivity contribution in [2.45, 2.75) is 32.2 Å². The summed E-state index contributed by atoms with van der Waals surface area (Å²) in [6, 6.07) is 10.8. The maximum atomic E-state index is 9.25. The third-order valence-electron chi connectivity index (χ3n) is 3.81. The van der Waals surface area contributed by atoms with E-state index in [2.05, 4.69) is 23.3 Å². The Bertz CT molecular complexity index is 642. The number of benzene rings is 1. The number of pyridine rings is 1. The van der Waals surface area contributed by atoms with E-state index >= 15 is 0 Å². The average Bonchev–Trinajstić information content (AvgIpc) is 3.18. The molecule has 2 atom stereocenters. The standard InChI is InChI=1S/C16H17N3/c1-2-5-11-8-15(11)19-16-12(9-17)10-18-14-7-4-3-6-13(14)16/h3-4,6-7,10-11,15H,2,5,8H2,1H3,(H,18,19). The van der Waals surface area contributed by atoms with Gasteiger partial charge in [0.25, 0.3) is 0 Å². The van der Waals surface area contributed by atoms with Gasteiger partial charge in [0, 0.05) is 17.6 Å². The number of para-hydroxylation sites is 1. The highest BCUT2D eigenvalue weighted by Gasteiger charge is 2.36. The molecule has 3 rings (SSSR count). The molecule has 1 heterocycles. The molecule has 0 bridgehead atoms. The van der Waals surface area contributed by atoms with Gasteiger partial charge in [-0.05, 0) is 24.8 Å². The normalized spacial score (nSPS) is 21.1. The third-order valence-corrected chi connectivity index (χ3v) is 3.81. The molecule has 96 valence electrons. The first-order valence-corrected chi connectivity index (χ1v) is 6.88. The minimum Gasteiger partial charge on any atom is -0.380 e. The Morgan fingerprint density at radius 1 is 1.42 bits per heavy atom. The van der Waals surface area contributed by atoms with E-state index in [1.165, 1.54) is 19.3 Å². The first-order chi connectivity index (χ1) is 9.33. The summed E-state index contributed by atoms with van der Waals surface area (Å²) in [5.41, 5.74) is 2.54. The van der Waals surface area contributed by atoms with Gasteiger partial charge in [-0.3, -0.25) is 4.98 Å². The van der Waals surface area contributed by atoms with E-state index in [1.807, 2.05) is 24.3 Å². The van der Waals surface area contributed by atoms with Crippen LogP contribution in [0.15, 0.2) is 30.5 Å². The van der Waals surface area contributed by atoms with E-state index < -0.39 is 0 Å². The highest BCUT2D eigenvalue weighted by Crippen LogP contribution is 2.39. The fourth-order valence-electron chi connectivity index (χ4n) is 2.68. The van der Waals surface area contributed by atoms with Crippen LogP contribution in [-0.2, 0) is 0 Å². The predicted molar refractivity (Wildman–Crippen MR) is 76.9 cm³/mol. The van der Waals surface area contributed by atoms with Gasteiger partial charge in [-0.15, -0.1) is 0 Å².